The summed E-state index contributed by atoms with van der Waals surface area (Å²) < 4.78 is 4.58. The first-order chi connectivity index (χ1) is 10.9. The number of ether oxygens (including phenoxy) is 1. The molecule has 3 atom stereocenters. The van der Waals surface area contributed by atoms with Crippen molar-refractivity contribution in [2.24, 2.45) is 0 Å². The second-order valence-corrected chi connectivity index (χ2v) is 5.54. The topological polar surface area (TPSA) is 118 Å². The lowest BCUT2D eigenvalue weighted by molar-refractivity contribution is -0.909. The molecule has 0 aliphatic carbocycles. The summed E-state index contributed by atoms with van der Waals surface area (Å²) >= 11 is 0. The van der Waals surface area contributed by atoms with Gasteiger partial charge >= 0.3 is 12.0 Å². The molecule has 0 bridgehead atoms. The zero-order chi connectivity index (χ0) is 17.4. The van der Waals surface area contributed by atoms with Crippen molar-refractivity contribution in [1.29, 1.82) is 0 Å². The highest BCUT2D eigenvalue weighted by molar-refractivity contribution is 5.95. The van der Waals surface area contributed by atoms with Gasteiger partial charge in [0.25, 0.3) is 11.8 Å². The molecule has 1 aliphatic rings. The number of imide groups is 1. The van der Waals surface area contributed by atoms with Crippen molar-refractivity contribution in [3.05, 3.63) is 0 Å². The van der Waals surface area contributed by atoms with Crippen LogP contribution in [0.2, 0.25) is 0 Å². The summed E-state index contributed by atoms with van der Waals surface area (Å²) in [6, 6.07) is -1.29. The molecule has 1 heterocycles. The molecule has 0 aromatic rings. The number of hydrogen-bond acceptors (Lipinski definition) is 5. The fourth-order valence-electron chi connectivity index (χ4n) is 2.27. The van der Waals surface area contributed by atoms with Crippen molar-refractivity contribution in [3.8, 4) is 0 Å². The number of esters is 1. The predicted octanol–water partition coefficient (Wildman–Crippen LogP) is -2.44. The molecular formula is C14H25N4O5+. The molecule has 1 fully saturated rings. The minimum absolute atomic E-state index is 0.0389. The van der Waals surface area contributed by atoms with E-state index in [1.165, 1.54) is 7.11 Å². The van der Waals surface area contributed by atoms with Crippen LogP contribution in [-0.2, 0) is 19.1 Å². The third kappa shape index (κ3) is 6.23. The Labute approximate surface area is 135 Å². The van der Waals surface area contributed by atoms with E-state index in [4.69, 9.17) is 0 Å². The molecule has 0 saturated carbocycles. The number of urea groups is 1. The molecule has 1 unspecified atom stereocenters. The molecule has 0 aromatic heterocycles. The number of nitrogens with one attached hydrogen (secondary N) is 4. The normalized spacial score (nSPS) is 21.8. The highest BCUT2D eigenvalue weighted by Crippen LogP contribution is 1.94. The highest BCUT2D eigenvalue weighted by atomic mass is 16.5. The van der Waals surface area contributed by atoms with E-state index < -0.39 is 23.9 Å². The van der Waals surface area contributed by atoms with Crippen LogP contribution in [0.5, 0.6) is 0 Å². The number of carbonyl (C=O) groups excluding carboxylic acids is 4. The molecule has 9 heteroatoms. The van der Waals surface area contributed by atoms with Crippen molar-refractivity contribution < 1.29 is 28.8 Å². The smallest absolute Gasteiger partial charge is 0.321 e. The minimum atomic E-state index is -0.695. The highest BCUT2D eigenvalue weighted by Gasteiger charge is 2.37. The van der Waals surface area contributed by atoms with Gasteiger partial charge in [-0.2, -0.15) is 0 Å². The first-order valence-electron chi connectivity index (χ1n) is 7.66. The number of methoxy groups -OCH3 is 1. The Kier molecular flexibility index (Phi) is 7.46. The Morgan fingerprint density at radius 1 is 1.43 bits per heavy atom. The van der Waals surface area contributed by atoms with E-state index in [0.717, 1.165) is 6.42 Å². The predicted molar refractivity (Wildman–Crippen MR) is 80.6 cm³/mol. The molecule has 0 aromatic carbocycles. The van der Waals surface area contributed by atoms with E-state index in [2.05, 4.69) is 20.7 Å². The summed E-state index contributed by atoms with van der Waals surface area (Å²) in [5.74, 6) is -1.31. The number of quaternary nitrogens is 1. The van der Waals surface area contributed by atoms with Crippen LogP contribution < -0.4 is 20.9 Å². The number of rotatable bonds is 6. The van der Waals surface area contributed by atoms with Crippen molar-refractivity contribution in [1.82, 2.24) is 16.0 Å². The second-order valence-electron chi connectivity index (χ2n) is 5.54. The van der Waals surface area contributed by atoms with Gasteiger partial charge in [-0.15, -0.1) is 0 Å². The second kappa shape index (κ2) is 9.09. The van der Waals surface area contributed by atoms with E-state index in [-0.39, 0.29) is 24.9 Å². The fourth-order valence-corrected chi connectivity index (χ4v) is 2.27. The summed E-state index contributed by atoms with van der Waals surface area (Å²) in [6.07, 6.45) is 0.643. The van der Waals surface area contributed by atoms with E-state index in [0.29, 0.717) is 18.0 Å². The van der Waals surface area contributed by atoms with Gasteiger partial charge in [-0.3, -0.25) is 19.7 Å². The summed E-state index contributed by atoms with van der Waals surface area (Å²) in [7, 11) is 1.24. The SMILES string of the molecule is CC[C@@H](C)NC(=O)NC(=O)C[NH+]1CCNC(=O)[C@@H]1CC(=O)OC. The largest absolute Gasteiger partial charge is 0.469 e. The maximum Gasteiger partial charge on any atom is 0.321 e. The van der Waals surface area contributed by atoms with Crippen LogP contribution in [0.1, 0.15) is 26.7 Å². The van der Waals surface area contributed by atoms with Gasteiger partial charge in [0.2, 0.25) is 0 Å². The zero-order valence-corrected chi connectivity index (χ0v) is 13.7. The monoisotopic (exact) mass is 329 g/mol. The van der Waals surface area contributed by atoms with E-state index in [9.17, 15) is 19.2 Å². The number of piperazine rings is 1. The van der Waals surface area contributed by atoms with Crippen LogP contribution in [0.25, 0.3) is 0 Å². The summed E-state index contributed by atoms with van der Waals surface area (Å²) in [5.41, 5.74) is 0. The molecule has 0 radical (unpaired) electrons. The lowest BCUT2D eigenvalue weighted by Gasteiger charge is -2.30. The molecule has 9 nitrogen and oxygen atoms in total. The van der Waals surface area contributed by atoms with Crippen LogP contribution in [0.3, 0.4) is 0 Å². The lowest BCUT2D eigenvalue weighted by Crippen LogP contribution is -3.20. The standard InChI is InChI=1S/C14H24N4O5/c1-4-9(2)16-14(22)17-11(19)8-18-6-5-15-13(21)10(18)7-12(20)23-3/h9-10H,4-8H2,1-3H3,(H,15,21)(H2,16,17,19,22)/p+1/t9-,10+/m1/s1. The first kappa shape index (κ1) is 18.9. The molecule has 4 N–H and O–H groups in total. The first-order valence-corrected chi connectivity index (χ1v) is 7.66. The van der Waals surface area contributed by atoms with Crippen LogP contribution in [0.15, 0.2) is 0 Å². The van der Waals surface area contributed by atoms with Gasteiger partial charge in [0.15, 0.2) is 12.6 Å². The van der Waals surface area contributed by atoms with E-state index >= 15 is 0 Å². The Balaban J connectivity index is 2.57. The Bertz CT molecular complexity index is 468. The summed E-state index contributed by atoms with van der Waals surface area (Å²) in [4.78, 5) is 47.5. The van der Waals surface area contributed by atoms with Gasteiger partial charge in [-0.05, 0) is 13.3 Å². The van der Waals surface area contributed by atoms with Gasteiger partial charge in [-0.1, -0.05) is 6.92 Å². The molecule has 0 spiro atoms. The van der Waals surface area contributed by atoms with Gasteiger partial charge < -0.3 is 20.3 Å². The van der Waals surface area contributed by atoms with Crippen molar-refractivity contribution >= 4 is 23.8 Å². The van der Waals surface area contributed by atoms with Crippen LogP contribution in [-0.4, -0.2) is 62.6 Å². The van der Waals surface area contributed by atoms with E-state index in [1.807, 2.05) is 13.8 Å². The van der Waals surface area contributed by atoms with Crippen LogP contribution >= 0.6 is 0 Å². The number of hydrogen-bond donors (Lipinski definition) is 4. The fraction of sp³-hybridized carbons (Fsp3) is 0.714. The molecule has 1 aliphatic heterocycles. The Morgan fingerprint density at radius 2 is 2.13 bits per heavy atom. The van der Waals surface area contributed by atoms with Crippen molar-refractivity contribution in [3.63, 3.8) is 0 Å². The lowest BCUT2D eigenvalue weighted by atomic mass is 10.1. The van der Waals surface area contributed by atoms with E-state index in [1.54, 1.807) is 0 Å². The number of amides is 4. The van der Waals surface area contributed by atoms with Crippen LogP contribution in [0, 0.1) is 0 Å². The average Bonchev–Trinajstić information content (AvgIpc) is 2.49. The average molecular weight is 329 g/mol. The molecule has 130 valence electrons. The molecular weight excluding hydrogens is 304 g/mol. The maximum atomic E-state index is 12.0. The maximum absolute atomic E-state index is 12.0. The summed E-state index contributed by atoms with van der Waals surface area (Å²) in [5, 5.41) is 7.52. The number of carbonyl (C=O) groups is 4. The van der Waals surface area contributed by atoms with Gasteiger partial charge in [-0.25, -0.2) is 4.79 Å². The molecule has 1 saturated heterocycles. The molecule has 4 amide bonds. The third-order valence-electron chi connectivity index (χ3n) is 3.78. The van der Waals surface area contributed by atoms with Gasteiger partial charge in [0.1, 0.15) is 6.42 Å². The van der Waals surface area contributed by atoms with Crippen molar-refractivity contribution in [2.45, 2.75) is 38.8 Å². The quantitative estimate of drug-likeness (QED) is 0.404. The zero-order valence-electron chi connectivity index (χ0n) is 13.7. The Morgan fingerprint density at radius 3 is 2.74 bits per heavy atom. The minimum Gasteiger partial charge on any atom is -0.469 e. The van der Waals surface area contributed by atoms with Crippen LogP contribution in [0.4, 0.5) is 4.79 Å². The Hall–Kier alpha value is -2.16. The molecule has 23 heavy (non-hydrogen) atoms. The van der Waals surface area contributed by atoms with Crippen molar-refractivity contribution in [2.75, 3.05) is 26.7 Å². The summed E-state index contributed by atoms with van der Waals surface area (Å²) in [6.45, 7) is 4.59. The third-order valence-corrected chi connectivity index (χ3v) is 3.78. The van der Waals surface area contributed by atoms with Gasteiger partial charge in [0, 0.05) is 6.04 Å². The molecule has 1 rings (SSSR count). The van der Waals surface area contributed by atoms with Gasteiger partial charge in [0.05, 0.1) is 20.2 Å².